The van der Waals surface area contributed by atoms with Crippen molar-refractivity contribution >= 4 is 44.9 Å². The Morgan fingerprint density at radius 2 is 1.27 bits per heavy atom. The van der Waals surface area contributed by atoms with E-state index in [0.29, 0.717) is 0 Å². The molecule has 0 saturated heterocycles. The van der Waals surface area contributed by atoms with Gasteiger partial charge in [0.25, 0.3) is 0 Å². The quantitative estimate of drug-likeness (QED) is 0.229. The summed E-state index contributed by atoms with van der Waals surface area (Å²) in [6.07, 6.45) is 0.975. The van der Waals surface area contributed by atoms with Gasteiger partial charge in [-0.25, -0.2) is 0 Å². The van der Waals surface area contributed by atoms with Crippen molar-refractivity contribution in [3.63, 3.8) is 0 Å². The van der Waals surface area contributed by atoms with Gasteiger partial charge in [-0.2, -0.15) is 0 Å². The molecule has 4 heterocycles. The van der Waals surface area contributed by atoms with E-state index in [1.807, 2.05) is 0 Å². The third-order valence-electron chi connectivity index (χ3n) is 10.3. The number of rotatable bonds is 2. The zero-order chi connectivity index (χ0) is 26.9. The summed E-state index contributed by atoms with van der Waals surface area (Å²) in [6.45, 7) is 2.57. The Labute approximate surface area is 239 Å². The van der Waals surface area contributed by atoms with Crippen molar-refractivity contribution < 1.29 is 0 Å². The highest BCUT2D eigenvalue weighted by molar-refractivity contribution is 7.00. The van der Waals surface area contributed by atoms with Crippen LogP contribution in [0.3, 0.4) is 0 Å². The number of hydrogen-bond acceptors (Lipinski definition) is 0. The third kappa shape index (κ3) is 2.43. The average Bonchev–Trinajstić information content (AvgIpc) is 3.38. The fourth-order valence-electron chi connectivity index (χ4n) is 8.90. The minimum absolute atomic E-state index is 0.232. The van der Waals surface area contributed by atoms with E-state index in [9.17, 15) is 0 Å². The van der Waals surface area contributed by atoms with Crippen LogP contribution in [0.15, 0.2) is 127 Å². The lowest BCUT2D eigenvalue weighted by Crippen LogP contribution is -2.67. The molecule has 6 aromatic carbocycles. The summed E-state index contributed by atoms with van der Waals surface area (Å²) in [7, 11) is 0. The fraction of sp³-hybridized carbons (Fsp3) is 0.0769. The van der Waals surface area contributed by atoms with Crippen molar-refractivity contribution in [1.29, 1.82) is 0 Å². The van der Waals surface area contributed by atoms with Crippen LogP contribution in [-0.2, 0) is 11.8 Å². The zero-order valence-electron chi connectivity index (χ0n) is 22.9. The molecular formula is C39H26BN. The number of aryl methyl sites for hydroxylation is 1. The van der Waals surface area contributed by atoms with Gasteiger partial charge >= 0.3 is 0 Å². The van der Waals surface area contributed by atoms with Gasteiger partial charge < -0.3 is 4.57 Å². The van der Waals surface area contributed by atoms with Crippen LogP contribution in [-0.4, -0.2) is 11.3 Å². The van der Waals surface area contributed by atoms with E-state index in [4.69, 9.17) is 0 Å². The Kier molecular flexibility index (Phi) is 4.00. The molecule has 0 amide bonds. The van der Waals surface area contributed by atoms with Crippen LogP contribution < -0.4 is 16.4 Å². The van der Waals surface area contributed by atoms with E-state index in [0.717, 1.165) is 6.42 Å². The first-order valence-corrected chi connectivity index (χ1v) is 14.7. The van der Waals surface area contributed by atoms with Gasteiger partial charge in [-0.1, -0.05) is 121 Å². The monoisotopic (exact) mass is 519 g/mol. The van der Waals surface area contributed by atoms with Gasteiger partial charge in [-0.05, 0) is 75.3 Å². The van der Waals surface area contributed by atoms with Crippen molar-refractivity contribution in [2.75, 3.05) is 0 Å². The maximum atomic E-state index is 2.59. The van der Waals surface area contributed by atoms with E-state index in [-0.39, 0.29) is 6.71 Å². The molecule has 0 bridgehead atoms. The highest BCUT2D eigenvalue weighted by Gasteiger charge is 2.53. The number of fused-ring (bicyclic) bond motifs is 4. The van der Waals surface area contributed by atoms with Crippen LogP contribution >= 0.6 is 0 Å². The number of aromatic nitrogens is 1. The predicted molar refractivity (Wildman–Crippen MR) is 171 cm³/mol. The van der Waals surface area contributed by atoms with Crippen molar-refractivity contribution in [2.45, 2.75) is 18.8 Å². The molecule has 0 N–H and O–H groups in total. The standard InChI is InChI=1S/C39H26BN/c1-24-19-20-25-23-26-21-22-30-29-15-8-9-17-32(29)41-33-18-10-16-31-37(33)40(36(26)38(30)41)35(25)34(24)39(31,27-11-4-2-5-12-27)28-13-6-3-7-14-28/h2-22H,23H2,1H3. The second-order valence-corrected chi connectivity index (χ2v) is 12.0. The maximum absolute atomic E-state index is 2.59. The molecule has 3 aliphatic heterocycles. The Morgan fingerprint density at radius 3 is 2.05 bits per heavy atom. The predicted octanol–water partition coefficient (Wildman–Crippen LogP) is 6.52. The fourth-order valence-corrected chi connectivity index (χ4v) is 8.90. The molecule has 0 saturated carbocycles. The molecule has 0 atom stereocenters. The lowest BCUT2D eigenvalue weighted by Gasteiger charge is -2.49. The van der Waals surface area contributed by atoms with E-state index in [2.05, 4.69) is 139 Å². The van der Waals surface area contributed by atoms with Gasteiger partial charge in [-0.15, -0.1) is 0 Å². The molecule has 0 spiro atoms. The molecule has 190 valence electrons. The Morgan fingerprint density at radius 1 is 0.585 bits per heavy atom. The number of hydrogen-bond donors (Lipinski definition) is 0. The highest BCUT2D eigenvalue weighted by Crippen LogP contribution is 2.49. The second-order valence-electron chi connectivity index (χ2n) is 12.0. The second kappa shape index (κ2) is 7.47. The summed E-state index contributed by atoms with van der Waals surface area (Å²) >= 11 is 0. The normalized spacial score (nSPS) is 15.0. The van der Waals surface area contributed by atoms with Crippen molar-refractivity contribution in [3.05, 3.63) is 166 Å². The van der Waals surface area contributed by atoms with E-state index in [1.54, 1.807) is 0 Å². The lowest BCUT2D eigenvalue weighted by atomic mass is 9.27. The Bertz CT molecular complexity index is 2200. The van der Waals surface area contributed by atoms with Gasteiger partial charge in [0, 0.05) is 22.0 Å². The van der Waals surface area contributed by atoms with Gasteiger partial charge in [0.05, 0.1) is 10.9 Å². The van der Waals surface area contributed by atoms with Crippen LogP contribution in [0, 0.1) is 6.92 Å². The molecule has 10 rings (SSSR count). The van der Waals surface area contributed by atoms with Crippen molar-refractivity contribution in [3.8, 4) is 5.69 Å². The highest BCUT2D eigenvalue weighted by atomic mass is 15.0. The maximum Gasteiger partial charge on any atom is 0.248 e. The summed E-state index contributed by atoms with van der Waals surface area (Å²) in [5, 5.41) is 2.71. The largest absolute Gasteiger partial charge is 0.310 e. The average molecular weight is 519 g/mol. The molecule has 0 unspecified atom stereocenters. The summed E-state index contributed by atoms with van der Waals surface area (Å²) in [4.78, 5) is 0. The molecule has 1 aromatic heterocycles. The van der Waals surface area contributed by atoms with Gasteiger partial charge in [0.1, 0.15) is 0 Å². The summed E-state index contributed by atoms with van der Waals surface area (Å²) in [5.74, 6) is 0. The van der Waals surface area contributed by atoms with Crippen LogP contribution in [0.4, 0.5) is 0 Å². The van der Waals surface area contributed by atoms with Gasteiger partial charge in [0.15, 0.2) is 0 Å². The summed E-state index contributed by atoms with van der Waals surface area (Å²) in [5.41, 5.74) is 18.0. The van der Waals surface area contributed by atoms with Crippen LogP contribution in [0.1, 0.15) is 38.9 Å². The molecule has 1 nitrogen and oxygen atoms in total. The van der Waals surface area contributed by atoms with E-state index >= 15 is 0 Å². The van der Waals surface area contributed by atoms with Gasteiger partial charge in [-0.3, -0.25) is 0 Å². The molecular weight excluding hydrogens is 493 g/mol. The Balaban J connectivity index is 1.50. The number of benzene rings is 6. The molecule has 3 aliphatic rings. The molecule has 2 heteroatoms. The van der Waals surface area contributed by atoms with Crippen molar-refractivity contribution in [1.82, 2.24) is 4.57 Å². The summed E-state index contributed by atoms with van der Waals surface area (Å²) < 4.78 is 2.59. The Hall–Kier alpha value is -4.82. The summed E-state index contributed by atoms with van der Waals surface area (Å²) in [6, 6.07) is 48.2. The molecule has 41 heavy (non-hydrogen) atoms. The minimum Gasteiger partial charge on any atom is -0.310 e. The molecule has 0 aliphatic carbocycles. The van der Waals surface area contributed by atoms with Crippen LogP contribution in [0.5, 0.6) is 0 Å². The first kappa shape index (κ1) is 21.9. The third-order valence-corrected chi connectivity index (χ3v) is 10.3. The first-order valence-electron chi connectivity index (χ1n) is 14.7. The van der Waals surface area contributed by atoms with Crippen molar-refractivity contribution in [2.24, 2.45) is 0 Å². The van der Waals surface area contributed by atoms with Gasteiger partial charge in [0.2, 0.25) is 6.71 Å². The van der Waals surface area contributed by atoms with E-state index < -0.39 is 5.41 Å². The minimum atomic E-state index is -0.411. The lowest BCUT2D eigenvalue weighted by molar-refractivity contribution is 0.741. The van der Waals surface area contributed by atoms with E-state index in [1.165, 1.54) is 82.8 Å². The number of para-hydroxylation sites is 1. The number of nitrogens with zero attached hydrogens (tertiary/aromatic N) is 1. The smallest absolute Gasteiger partial charge is 0.248 e. The molecule has 0 fully saturated rings. The molecule has 0 radical (unpaired) electrons. The van der Waals surface area contributed by atoms with Crippen LogP contribution in [0.2, 0.25) is 0 Å². The van der Waals surface area contributed by atoms with Crippen LogP contribution in [0.25, 0.3) is 27.5 Å². The SMILES string of the molecule is Cc1ccc2c3c1C(c1ccccc1)(c1ccccc1)c1cccc4c1B3c1c(ccc3c5ccccc5n-4c13)C2. The first-order chi connectivity index (χ1) is 20.3. The molecule has 7 aromatic rings. The topological polar surface area (TPSA) is 4.93 Å². The zero-order valence-corrected chi connectivity index (χ0v) is 22.9.